The van der Waals surface area contributed by atoms with Crippen LogP contribution in [0.15, 0.2) is 57.6 Å². The molecule has 1 aromatic carbocycles. The first-order chi connectivity index (χ1) is 11.4. The molecule has 5 heteroatoms. The zero-order valence-electron chi connectivity index (χ0n) is 12.9. The highest BCUT2D eigenvalue weighted by atomic mass is 16.4. The zero-order valence-corrected chi connectivity index (χ0v) is 12.9. The molecule has 0 amide bonds. The molecule has 0 spiro atoms. The standard InChI is InChI=1S/C18H19N3O2/c1-2-5-14(6-3-1)15-8-10-21(11-9-15)13-17-19-20-18(23-17)16-7-4-12-22-16/h1-7,12,15H,8-11,13H2. The van der Waals surface area contributed by atoms with Gasteiger partial charge in [0.25, 0.3) is 5.89 Å². The van der Waals surface area contributed by atoms with Crippen LogP contribution in [-0.4, -0.2) is 28.2 Å². The lowest BCUT2D eigenvalue weighted by Crippen LogP contribution is -2.32. The minimum Gasteiger partial charge on any atom is -0.459 e. The molecular weight excluding hydrogens is 290 g/mol. The Morgan fingerprint density at radius 1 is 1.00 bits per heavy atom. The summed E-state index contributed by atoms with van der Waals surface area (Å²) in [6.07, 6.45) is 3.94. The fourth-order valence-electron chi connectivity index (χ4n) is 3.16. The number of benzene rings is 1. The Labute approximate surface area is 134 Å². The molecule has 4 rings (SSSR count). The summed E-state index contributed by atoms with van der Waals surface area (Å²) in [5.41, 5.74) is 1.45. The van der Waals surface area contributed by atoms with Crippen molar-refractivity contribution in [3.05, 3.63) is 60.2 Å². The van der Waals surface area contributed by atoms with Gasteiger partial charge in [0.05, 0.1) is 12.8 Å². The number of likely N-dealkylation sites (tertiary alicyclic amines) is 1. The Balaban J connectivity index is 1.35. The third-order valence-electron chi connectivity index (χ3n) is 4.42. The summed E-state index contributed by atoms with van der Waals surface area (Å²) in [5.74, 6) is 2.37. The lowest BCUT2D eigenvalue weighted by Gasteiger charge is -2.31. The van der Waals surface area contributed by atoms with Gasteiger partial charge in [-0.1, -0.05) is 30.3 Å². The van der Waals surface area contributed by atoms with Crippen LogP contribution >= 0.6 is 0 Å². The molecule has 1 aliphatic heterocycles. The van der Waals surface area contributed by atoms with Crippen molar-refractivity contribution < 1.29 is 8.83 Å². The molecular formula is C18H19N3O2. The average molecular weight is 309 g/mol. The second-order valence-electron chi connectivity index (χ2n) is 5.94. The Morgan fingerprint density at radius 3 is 2.57 bits per heavy atom. The van der Waals surface area contributed by atoms with Crippen molar-refractivity contribution in [3.8, 4) is 11.7 Å². The van der Waals surface area contributed by atoms with Crippen LogP contribution in [0.4, 0.5) is 0 Å². The Morgan fingerprint density at radius 2 is 1.83 bits per heavy atom. The van der Waals surface area contributed by atoms with Gasteiger partial charge in [0.15, 0.2) is 5.76 Å². The number of nitrogens with zero attached hydrogens (tertiary/aromatic N) is 3. The first-order valence-electron chi connectivity index (χ1n) is 8.02. The number of hydrogen-bond acceptors (Lipinski definition) is 5. The minimum atomic E-state index is 0.448. The molecule has 1 aliphatic rings. The van der Waals surface area contributed by atoms with Crippen molar-refractivity contribution in [2.45, 2.75) is 25.3 Å². The van der Waals surface area contributed by atoms with Gasteiger partial charge in [-0.05, 0) is 49.5 Å². The van der Waals surface area contributed by atoms with E-state index in [1.54, 1.807) is 6.26 Å². The summed E-state index contributed by atoms with van der Waals surface area (Å²) in [6, 6.07) is 14.4. The van der Waals surface area contributed by atoms with Gasteiger partial charge in [0.2, 0.25) is 5.89 Å². The van der Waals surface area contributed by atoms with Crippen LogP contribution in [0.2, 0.25) is 0 Å². The summed E-state index contributed by atoms with van der Waals surface area (Å²) in [5, 5.41) is 8.17. The second-order valence-corrected chi connectivity index (χ2v) is 5.94. The molecule has 0 bridgehead atoms. The van der Waals surface area contributed by atoms with Crippen molar-refractivity contribution in [3.63, 3.8) is 0 Å². The smallest absolute Gasteiger partial charge is 0.283 e. The van der Waals surface area contributed by atoms with Crippen molar-refractivity contribution in [1.29, 1.82) is 0 Å². The topological polar surface area (TPSA) is 55.3 Å². The molecule has 118 valence electrons. The predicted octanol–water partition coefficient (Wildman–Crippen LogP) is 3.71. The maximum absolute atomic E-state index is 5.68. The second kappa shape index (κ2) is 6.38. The van der Waals surface area contributed by atoms with E-state index in [0.29, 0.717) is 30.0 Å². The van der Waals surface area contributed by atoms with Crippen LogP contribution in [0.5, 0.6) is 0 Å². The Bertz CT molecular complexity index is 729. The molecule has 0 unspecified atom stereocenters. The first kappa shape index (κ1) is 14.2. The van der Waals surface area contributed by atoms with Crippen molar-refractivity contribution in [2.75, 3.05) is 13.1 Å². The quantitative estimate of drug-likeness (QED) is 0.735. The highest BCUT2D eigenvalue weighted by Gasteiger charge is 2.22. The Hall–Kier alpha value is -2.40. The van der Waals surface area contributed by atoms with Crippen LogP contribution in [0.1, 0.15) is 30.2 Å². The van der Waals surface area contributed by atoms with E-state index in [1.807, 2.05) is 12.1 Å². The summed E-state index contributed by atoms with van der Waals surface area (Å²) >= 11 is 0. The highest BCUT2D eigenvalue weighted by molar-refractivity contribution is 5.42. The molecule has 1 saturated heterocycles. The zero-order chi connectivity index (χ0) is 15.5. The van der Waals surface area contributed by atoms with E-state index in [2.05, 4.69) is 45.4 Å². The van der Waals surface area contributed by atoms with E-state index in [-0.39, 0.29) is 0 Å². The number of furan rings is 1. The van der Waals surface area contributed by atoms with Crippen LogP contribution in [-0.2, 0) is 6.54 Å². The fraction of sp³-hybridized carbons (Fsp3) is 0.333. The summed E-state index contributed by atoms with van der Waals surface area (Å²) in [7, 11) is 0. The maximum atomic E-state index is 5.68. The molecule has 1 fully saturated rings. The van der Waals surface area contributed by atoms with Gasteiger partial charge in [-0.2, -0.15) is 0 Å². The van der Waals surface area contributed by atoms with E-state index in [0.717, 1.165) is 13.1 Å². The fourth-order valence-corrected chi connectivity index (χ4v) is 3.16. The summed E-state index contributed by atoms with van der Waals surface area (Å²) in [6.45, 7) is 2.81. The third kappa shape index (κ3) is 3.19. The van der Waals surface area contributed by atoms with E-state index in [4.69, 9.17) is 8.83 Å². The molecule has 3 heterocycles. The number of aromatic nitrogens is 2. The van der Waals surface area contributed by atoms with E-state index in [1.165, 1.54) is 18.4 Å². The minimum absolute atomic E-state index is 0.448. The molecule has 0 N–H and O–H groups in total. The van der Waals surface area contributed by atoms with Crippen molar-refractivity contribution in [2.24, 2.45) is 0 Å². The molecule has 2 aromatic heterocycles. The van der Waals surface area contributed by atoms with E-state index in [9.17, 15) is 0 Å². The molecule has 0 aliphatic carbocycles. The maximum Gasteiger partial charge on any atom is 0.283 e. The predicted molar refractivity (Wildman–Crippen MR) is 85.7 cm³/mol. The SMILES string of the molecule is c1ccc(C2CCN(Cc3nnc(-c4ccco4)o3)CC2)cc1. The molecule has 0 radical (unpaired) electrons. The third-order valence-corrected chi connectivity index (χ3v) is 4.42. The van der Waals surface area contributed by atoms with Gasteiger partial charge >= 0.3 is 0 Å². The van der Waals surface area contributed by atoms with Crippen LogP contribution in [0.25, 0.3) is 11.7 Å². The molecule has 23 heavy (non-hydrogen) atoms. The normalized spacial score (nSPS) is 16.7. The van der Waals surface area contributed by atoms with Gasteiger partial charge in [-0.25, -0.2) is 0 Å². The van der Waals surface area contributed by atoms with E-state index >= 15 is 0 Å². The molecule has 0 saturated carbocycles. The monoisotopic (exact) mass is 309 g/mol. The number of hydrogen-bond donors (Lipinski definition) is 0. The lowest BCUT2D eigenvalue weighted by atomic mass is 9.89. The molecule has 5 nitrogen and oxygen atoms in total. The van der Waals surface area contributed by atoms with Crippen LogP contribution < -0.4 is 0 Å². The molecule has 3 aromatic rings. The molecule has 0 atom stereocenters. The number of piperidine rings is 1. The van der Waals surface area contributed by atoms with Gasteiger partial charge in [-0.3, -0.25) is 4.90 Å². The number of rotatable bonds is 4. The summed E-state index contributed by atoms with van der Waals surface area (Å²) in [4.78, 5) is 2.37. The highest BCUT2D eigenvalue weighted by Crippen LogP contribution is 2.28. The van der Waals surface area contributed by atoms with Gasteiger partial charge in [-0.15, -0.1) is 10.2 Å². The van der Waals surface area contributed by atoms with Gasteiger partial charge in [0.1, 0.15) is 0 Å². The Kier molecular flexibility index (Phi) is 3.94. The van der Waals surface area contributed by atoms with Crippen molar-refractivity contribution >= 4 is 0 Å². The van der Waals surface area contributed by atoms with E-state index < -0.39 is 0 Å². The summed E-state index contributed by atoms with van der Waals surface area (Å²) < 4.78 is 11.0. The van der Waals surface area contributed by atoms with Gasteiger partial charge < -0.3 is 8.83 Å². The van der Waals surface area contributed by atoms with Crippen LogP contribution in [0, 0.1) is 0 Å². The lowest BCUT2D eigenvalue weighted by molar-refractivity contribution is 0.188. The van der Waals surface area contributed by atoms with Gasteiger partial charge in [0, 0.05) is 0 Å². The van der Waals surface area contributed by atoms with Crippen LogP contribution in [0.3, 0.4) is 0 Å². The largest absolute Gasteiger partial charge is 0.459 e. The first-order valence-corrected chi connectivity index (χ1v) is 8.02. The average Bonchev–Trinajstić information content (AvgIpc) is 3.28. The van der Waals surface area contributed by atoms with Crippen molar-refractivity contribution in [1.82, 2.24) is 15.1 Å².